The zero-order chi connectivity index (χ0) is 12.7. The van der Waals surface area contributed by atoms with Crippen molar-refractivity contribution in [2.24, 2.45) is 0 Å². The third-order valence-corrected chi connectivity index (χ3v) is 3.18. The van der Waals surface area contributed by atoms with Crippen LogP contribution in [0.15, 0.2) is 0 Å². The number of carbonyl (C=O) groups is 2. The highest BCUT2D eigenvalue weighted by Crippen LogP contribution is 2.19. The maximum atomic E-state index is 11.0. The standard InChI is InChI=1S/C12H21NO4/c1-16-11(14)7-5-9-3-4-10(13-9)6-8-12(15)17-2/h9-10,13H,3-8H2,1-2H3/t9-,10+. The number of nitrogens with one attached hydrogen (secondary N) is 1. The maximum absolute atomic E-state index is 11.0. The quantitative estimate of drug-likeness (QED) is 0.705. The molecule has 1 saturated heterocycles. The van der Waals surface area contributed by atoms with E-state index >= 15 is 0 Å². The Kier molecular flexibility index (Phi) is 5.97. The summed E-state index contributed by atoms with van der Waals surface area (Å²) in [5, 5.41) is 3.43. The highest BCUT2D eigenvalue weighted by molar-refractivity contribution is 5.69. The number of rotatable bonds is 6. The van der Waals surface area contributed by atoms with Crippen molar-refractivity contribution >= 4 is 11.9 Å². The lowest BCUT2D eigenvalue weighted by Gasteiger charge is -2.13. The van der Waals surface area contributed by atoms with Crippen molar-refractivity contribution in [3.8, 4) is 0 Å². The van der Waals surface area contributed by atoms with Crippen molar-refractivity contribution in [2.75, 3.05) is 14.2 Å². The third kappa shape index (κ3) is 5.17. The lowest BCUT2D eigenvalue weighted by atomic mass is 10.1. The molecule has 98 valence electrons. The van der Waals surface area contributed by atoms with Gasteiger partial charge in [-0.15, -0.1) is 0 Å². The molecule has 1 aliphatic rings. The third-order valence-electron chi connectivity index (χ3n) is 3.18. The van der Waals surface area contributed by atoms with Crippen LogP contribution in [0, 0.1) is 0 Å². The molecule has 0 aromatic carbocycles. The highest BCUT2D eigenvalue weighted by atomic mass is 16.5. The van der Waals surface area contributed by atoms with Gasteiger partial charge in [0.2, 0.25) is 0 Å². The van der Waals surface area contributed by atoms with Gasteiger partial charge >= 0.3 is 11.9 Å². The van der Waals surface area contributed by atoms with E-state index in [2.05, 4.69) is 14.8 Å². The summed E-state index contributed by atoms with van der Waals surface area (Å²) >= 11 is 0. The van der Waals surface area contributed by atoms with Gasteiger partial charge in [-0.05, 0) is 25.7 Å². The topological polar surface area (TPSA) is 64.6 Å². The van der Waals surface area contributed by atoms with E-state index in [4.69, 9.17) is 0 Å². The molecule has 2 atom stereocenters. The fourth-order valence-corrected chi connectivity index (χ4v) is 2.15. The maximum Gasteiger partial charge on any atom is 0.305 e. The largest absolute Gasteiger partial charge is 0.469 e. The Morgan fingerprint density at radius 1 is 1.00 bits per heavy atom. The summed E-state index contributed by atoms with van der Waals surface area (Å²) in [5.74, 6) is -0.324. The summed E-state index contributed by atoms with van der Waals surface area (Å²) in [6.07, 6.45) is 4.64. The van der Waals surface area contributed by atoms with E-state index < -0.39 is 0 Å². The summed E-state index contributed by atoms with van der Waals surface area (Å²) < 4.78 is 9.20. The van der Waals surface area contributed by atoms with E-state index in [0.717, 1.165) is 25.7 Å². The average molecular weight is 243 g/mol. The number of esters is 2. The molecule has 17 heavy (non-hydrogen) atoms. The van der Waals surface area contributed by atoms with E-state index in [9.17, 15) is 9.59 Å². The van der Waals surface area contributed by atoms with Crippen LogP contribution in [0.3, 0.4) is 0 Å². The van der Waals surface area contributed by atoms with Gasteiger partial charge in [0.15, 0.2) is 0 Å². The number of methoxy groups -OCH3 is 2. The number of hydrogen-bond donors (Lipinski definition) is 1. The zero-order valence-electron chi connectivity index (χ0n) is 10.5. The zero-order valence-corrected chi connectivity index (χ0v) is 10.5. The summed E-state index contributed by atoms with van der Waals surface area (Å²) in [6.45, 7) is 0. The minimum absolute atomic E-state index is 0.162. The van der Waals surface area contributed by atoms with Crippen LogP contribution in [0.2, 0.25) is 0 Å². The Morgan fingerprint density at radius 2 is 1.41 bits per heavy atom. The number of hydrogen-bond acceptors (Lipinski definition) is 5. The first-order valence-corrected chi connectivity index (χ1v) is 6.05. The molecular weight excluding hydrogens is 222 g/mol. The highest BCUT2D eigenvalue weighted by Gasteiger charge is 2.24. The van der Waals surface area contributed by atoms with Crippen LogP contribution in [-0.2, 0) is 19.1 Å². The van der Waals surface area contributed by atoms with Crippen molar-refractivity contribution in [1.29, 1.82) is 0 Å². The Morgan fingerprint density at radius 3 is 1.76 bits per heavy atom. The predicted molar refractivity (Wildman–Crippen MR) is 62.4 cm³/mol. The molecule has 0 spiro atoms. The molecule has 1 fully saturated rings. The Labute approximate surface area is 102 Å². The fraction of sp³-hybridized carbons (Fsp3) is 0.833. The van der Waals surface area contributed by atoms with E-state index in [-0.39, 0.29) is 11.9 Å². The lowest BCUT2D eigenvalue weighted by Crippen LogP contribution is -2.30. The van der Waals surface area contributed by atoms with E-state index in [1.165, 1.54) is 14.2 Å². The van der Waals surface area contributed by atoms with Gasteiger partial charge in [-0.3, -0.25) is 9.59 Å². The minimum atomic E-state index is -0.162. The average Bonchev–Trinajstić information content (AvgIpc) is 2.80. The molecule has 0 bridgehead atoms. The van der Waals surface area contributed by atoms with E-state index in [0.29, 0.717) is 24.9 Å². The second-order valence-electron chi connectivity index (χ2n) is 4.37. The summed E-state index contributed by atoms with van der Waals surface area (Å²) in [4.78, 5) is 22.0. The molecule has 0 aromatic heterocycles. The number of ether oxygens (including phenoxy) is 2. The van der Waals surface area contributed by atoms with Crippen LogP contribution in [0.5, 0.6) is 0 Å². The van der Waals surface area contributed by atoms with Crippen LogP contribution in [0.1, 0.15) is 38.5 Å². The van der Waals surface area contributed by atoms with Gasteiger partial charge in [-0.25, -0.2) is 0 Å². The van der Waals surface area contributed by atoms with Crippen LogP contribution in [0.4, 0.5) is 0 Å². The molecule has 5 nitrogen and oxygen atoms in total. The molecule has 0 unspecified atom stereocenters. The Hall–Kier alpha value is -1.10. The lowest BCUT2D eigenvalue weighted by molar-refractivity contribution is -0.141. The first-order valence-electron chi connectivity index (χ1n) is 6.05. The monoisotopic (exact) mass is 243 g/mol. The van der Waals surface area contributed by atoms with Gasteiger partial charge in [0.1, 0.15) is 0 Å². The van der Waals surface area contributed by atoms with Gasteiger partial charge in [-0.2, -0.15) is 0 Å². The van der Waals surface area contributed by atoms with Crippen molar-refractivity contribution in [3.63, 3.8) is 0 Å². The van der Waals surface area contributed by atoms with Crippen molar-refractivity contribution in [2.45, 2.75) is 50.6 Å². The summed E-state index contributed by atoms with van der Waals surface area (Å²) in [6, 6.07) is 0.744. The first-order chi connectivity index (χ1) is 8.15. The molecule has 1 rings (SSSR count). The normalized spacial score (nSPS) is 23.4. The van der Waals surface area contributed by atoms with E-state index in [1.54, 1.807) is 0 Å². The molecule has 0 aromatic rings. The van der Waals surface area contributed by atoms with Gasteiger partial charge in [0, 0.05) is 24.9 Å². The van der Waals surface area contributed by atoms with Gasteiger partial charge in [-0.1, -0.05) is 0 Å². The van der Waals surface area contributed by atoms with Gasteiger partial charge in [0.25, 0.3) is 0 Å². The number of carbonyl (C=O) groups excluding carboxylic acids is 2. The van der Waals surface area contributed by atoms with Crippen LogP contribution in [-0.4, -0.2) is 38.2 Å². The molecule has 5 heteroatoms. The van der Waals surface area contributed by atoms with Crippen LogP contribution in [0.25, 0.3) is 0 Å². The minimum Gasteiger partial charge on any atom is -0.469 e. The predicted octanol–water partition coefficient (Wildman–Crippen LogP) is 1.01. The van der Waals surface area contributed by atoms with E-state index in [1.807, 2.05) is 0 Å². The smallest absolute Gasteiger partial charge is 0.305 e. The van der Waals surface area contributed by atoms with Crippen LogP contribution < -0.4 is 5.32 Å². The Bertz CT molecular complexity index is 241. The molecule has 0 aliphatic carbocycles. The molecular formula is C12H21NO4. The van der Waals surface area contributed by atoms with Gasteiger partial charge in [0.05, 0.1) is 14.2 Å². The molecule has 1 N–H and O–H groups in total. The van der Waals surface area contributed by atoms with Crippen LogP contribution >= 0.6 is 0 Å². The second-order valence-corrected chi connectivity index (χ2v) is 4.37. The van der Waals surface area contributed by atoms with Crippen molar-refractivity contribution in [3.05, 3.63) is 0 Å². The summed E-state index contributed by atoms with van der Waals surface area (Å²) in [5.41, 5.74) is 0. The van der Waals surface area contributed by atoms with Crippen molar-refractivity contribution in [1.82, 2.24) is 5.32 Å². The van der Waals surface area contributed by atoms with Gasteiger partial charge < -0.3 is 14.8 Å². The fourth-order valence-electron chi connectivity index (χ4n) is 2.15. The first kappa shape index (κ1) is 14.0. The summed E-state index contributed by atoms with van der Waals surface area (Å²) in [7, 11) is 2.81. The molecule has 0 saturated carbocycles. The molecule has 1 aliphatic heterocycles. The Balaban J connectivity index is 2.14. The van der Waals surface area contributed by atoms with Crippen molar-refractivity contribution < 1.29 is 19.1 Å². The SMILES string of the molecule is COC(=O)CC[C@@H]1CC[C@H](CCC(=O)OC)N1. The second kappa shape index (κ2) is 7.27. The molecule has 0 radical (unpaired) electrons. The molecule has 0 amide bonds. The molecule has 1 heterocycles.